The fourth-order valence-electron chi connectivity index (χ4n) is 1.70. The van der Waals surface area contributed by atoms with Gasteiger partial charge in [-0.25, -0.2) is 5.43 Å². The summed E-state index contributed by atoms with van der Waals surface area (Å²) in [5.41, 5.74) is 2.99. The van der Waals surface area contributed by atoms with Crippen molar-refractivity contribution < 1.29 is 14.0 Å². The Morgan fingerprint density at radius 3 is 2.82 bits per heavy atom. The Hall–Kier alpha value is -2.41. The second kappa shape index (κ2) is 8.14. The number of nitrogens with zero attached hydrogens (tertiary/aromatic N) is 1. The molecule has 0 saturated heterocycles. The van der Waals surface area contributed by atoms with E-state index in [0.29, 0.717) is 24.4 Å². The zero-order chi connectivity index (χ0) is 15.8. The molecule has 2 aromatic heterocycles. The topological polar surface area (TPSA) is 83.7 Å². The second-order valence-corrected chi connectivity index (χ2v) is 5.70. The number of rotatable bonds is 7. The number of furan rings is 1. The van der Waals surface area contributed by atoms with E-state index in [2.05, 4.69) is 15.8 Å². The lowest BCUT2D eigenvalue weighted by molar-refractivity contribution is -0.121. The van der Waals surface area contributed by atoms with E-state index in [-0.39, 0.29) is 18.2 Å². The summed E-state index contributed by atoms with van der Waals surface area (Å²) in [5, 5.41) is 8.56. The summed E-state index contributed by atoms with van der Waals surface area (Å²) in [6.45, 7) is 2.03. The lowest BCUT2D eigenvalue weighted by Gasteiger charge is -2.04. The maximum atomic E-state index is 11.7. The zero-order valence-electron chi connectivity index (χ0n) is 12.2. The number of nitrogens with one attached hydrogen (secondary N) is 2. The highest BCUT2D eigenvalue weighted by Crippen LogP contribution is 2.08. The molecule has 0 bridgehead atoms. The second-order valence-electron chi connectivity index (χ2n) is 4.67. The molecule has 0 unspecified atom stereocenters. The van der Waals surface area contributed by atoms with Crippen molar-refractivity contribution in [3.05, 3.63) is 46.5 Å². The van der Waals surface area contributed by atoms with Crippen LogP contribution in [0, 0.1) is 0 Å². The number of hydrogen-bond donors (Lipinski definition) is 2. The normalized spacial score (nSPS) is 11.2. The molecule has 2 rings (SSSR count). The Labute approximate surface area is 132 Å². The van der Waals surface area contributed by atoms with Crippen molar-refractivity contribution in [1.29, 1.82) is 0 Å². The number of hydrogen-bond acceptors (Lipinski definition) is 5. The molecule has 0 spiro atoms. The van der Waals surface area contributed by atoms with Crippen molar-refractivity contribution in [3.63, 3.8) is 0 Å². The van der Waals surface area contributed by atoms with Crippen LogP contribution >= 0.6 is 11.3 Å². The predicted molar refractivity (Wildman–Crippen MR) is 84.4 cm³/mol. The molecule has 22 heavy (non-hydrogen) atoms. The number of amides is 2. The van der Waals surface area contributed by atoms with Crippen LogP contribution in [0.25, 0.3) is 0 Å². The van der Waals surface area contributed by atoms with Gasteiger partial charge in [-0.3, -0.25) is 9.59 Å². The third kappa shape index (κ3) is 5.53. The molecule has 6 nitrogen and oxygen atoms in total. The van der Waals surface area contributed by atoms with Gasteiger partial charge in [0.25, 0.3) is 0 Å². The first kappa shape index (κ1) is 16.0. The van der Waals surface area contributed by atoms with Crippen molar-refractivity contribution in [2.45, 2.75) is 26.3 Å². The van der Waals surface area contributed by atoms with Crippen LogP contribution in [0.5, 0.6) is 0 Å². The van der Waals surface area contributed by atoms with Gasteiger partial charge in [-0.05, 0) is 30.5 Å². The first-order chi connectivity index (χ1) is 10.6. The summed E-state index contributed by atoms with van der Waals surface area (Å²) in [4.78, 5) is 24.3. The summed E-state index contributed by atoms with van der Waals surface area (Å²) < 4.78 is 5.12. The van der Waals surface area contributed by atoms with Gasteiger partial charge in [-0.1, -0.05) is 6.07 Å². The van der Waals surface area contributed by atoms with Gasteiger partial charge in [0.15, 0.2) is 0 Å². The molecule has 0 aliphatic rings. The Morgan fingerprint density at radius 1 is 1.27 bits per heavy atom. The summed E-state index contributed by atoms with van der Waals surface area (Å²) >= 11 is 1.52. The largest absolute Gasteiger partial charge is 0.467 e. The average Bonchev–Trinajstić information content (AvgIpc) is 3.16. The fraction of sp³-hybridized carbons (Fsp3) is 0.267. The smallest absolute Gasteiger partial charge is 0.245 e. The minimum absolute atomic E-state index is 0.125. The summed E-state index contributed by atoms with van der Waals surface area (Å²) in [5.74, 6) is 0.315. The molecule has 0 aromatic carbocycles. The lowest BCUT2D eigenvalue weighted by Crippen LogP contribution is -2.26. The molecule has 0 aliphatic carbocycles. The van der Waals surface area contributed by atoms with Crippen LogP contribution in [-0.2, 0) is 22.6 Å². The molecule has 2 amide bonds. The third-order valence-corrected chi connectivity index (χ3v) is 3.62. The van der Waals surface area contributed by atoms with Crippen LogP contribution in [-0.4, -0.2) is 17.5 Å². The Kier molecular flexibility index (Phi) is 5.91. The van der Waals surface area contributed by atoms with Crippen molar-refractivity contribution in [2.75, 3.05) is 0 Å². The van der Waals surface area contributed by atoms with Gasteiger partial charge in [0.05, 0.1) is 25.6 Å². The standard InChI is InChI=1S/C15H17N3O3S/c1-11(8-14(19)16-10-12-4-2-6-21-12)17-18-15(20)9-13-5-3-7-22-13/h2-7H,8-10H2,1H3,(H,16,19)(H,18,20)/b17-11+. The van der Waals surface area contributed by atoms with Crippen LogP contribution in [0.2, 0.25) is 0 Å². The minimum Gasteiger partial charge on any atom is -0.467 e. The third-order valence-electron chi connectivity index (χ3n) is 2.74. The van der Waals surface area contributed by atoms with E-state index in [1.54, 1.807) is 25.3 Å². The molecular weight excluding hydrogens is 302 g/mol. The lowest BCUT2D eigenvalue weighted by atomic mass is 10.3. The van der Waals surface area contributed by atoms with Gasteiger partial charge in [-0.15, -0.1) is 11.3 Å². The van der Waals surface area contributed by atoms with Crippen molar-refractivity contribution in [2.24, 2.45) is 5.10 Å². The SMILES string of the molecule is C/C(CC(=O)NCc1ccco1)=N\NC(=O)Cc1cccs1. The predicted octanol–water partition coefficient (Wildman–Crippen LogP) is 2.08. The Morgan fingerprint density at radius 2 is 2.14 bits per heavy atom. The van der Waals surface area contributed by atoms with E-state index in [0.717, 1.165) is 4.88 Å². The van der Waals surface area contributed by atoms with Gasteiger partial charge < -0.3 is 9.73 Å². The van der Waals surface area contributed by atoms with Gasteiger partial charge in [0, 0.05) is 10.6 Å². The maximum absolute atomic E-state index is 11.7. The molecule has 0 fully saturated rings. The highest BCUT2D eigenvalue weighted by Gasteiger charge is 2.06. The first-order valence-corrected chi connectivity index (χ1v) is 7.65. The van der Waals surface area contributed by atoms with Gasteiger partial charge in [0.1, 0.15) is 5.76 Å². The van der Waals surface area contributed by atoms with Crippen LogP contribution in [0.3, 0.4) is 0 Å². The molecule has 116 valence electrons. The summed E-state index contributed by atoms with van der Waals surface area (Å²) in [7, 11) is 0. The van der Waals surface area contributed by atoms with Crippen LogP contribution < -0.4 is 10.7 Å². The zero-order valence-corrected chi connectivity index (χ0v) is 13.0. The van der Waals surface area contributed by atoms with Crippen LogP contribution in [0.1, 0.15) is 24.0 Å². The highest BCUT2D eigenvalue weighted by molar-refractivity contribution is 7.10. The summed E-state index contributed by atoms with van der Waals surface area (Å²) in [6, 6.07) is 7.33. The molecule has 0 aliphatic heterocycles. The van der Waals surface area contributed by atoms with E-state index in [1.807, 2.05) is 17.5 Å². The van der Waals surface area contributed by atoms with Gasteiger partial charge >= 0.3 is 0 Å². The highest BCUT2D eigenvalue weighted by atomic mass is 32.1. The van der Waals surface area contributed by atoms with Crippen molar-refractivity contribution >= 4 is 28.9 Å². The number of carbonyl (C=O) groups excluding carboxylic acids is 2. The molecule has 7 heteroatoms. The first-order valence-electron chi connectivity index (χ1n) is 6.77. The van der Waals surface area contributed by atoms with Crippen LogP contribution in [0.4, 0.5) is 0 Å². The molecule has 0 atom stereocenters. The quantitative estimate of drug-likeness (QED) is 0.605. The van der Waals surface area contributed by atoms with Crippen molar-refractivity contribution in [1.82, 2.24) is 10.7 Å². The fourth-order valence-corrected chi connectivity index (χ4v) is 2.41. The van der Waals surface area contributed by atoms with E-state index in [1.165, 1.54) is 11.3 Å². The van der Waals surface area contributed by atoms with Gasteiger partial charge in [-0.2, -0.15) is 5.10 Å². The van der Waals surface area contributed by atoms with Crippen LogP contribution in [0.15, 0.2) is 45.4 Å². The van der Waals surface area contributed by atoms with Crippen molar-refractivity contribution in [3.8, 4) is 0 Å². The number of thiophene rings is 1. The van der Waals surface area contributed by atoms with E-state index >= 15 is 0 Å². The van der Waals surface area contributed by atoms with E-state index in [9.17, 15) is 9.59 Å². The Bertz CT molecular complexity index is 633. The molecule has 0 radical (unpaired) electrons. The molecule has 0 saturated carbocycles. The van der Waals surface area contributed by atoms with E-state index < -0.39 is 0 Å². The summed E-state index contributed by atoms with van der Waals surface area (Å²) in [6.07, 6.45) is 1.97. The van der Waals surface area contributed by atoms with E-state index in [4.69, 9.17) is 4.42 Å². The Balaban J connectivity index is 1.70. The molecular formula is C15H17N3O3S. The number of carbonyl (C=O) groups is 2. The van der Waals surface area contributed by atoms with Gasteiger partial charge in [0.2, 0.25) is 11.8 Å². The number of hydrazone groups is 1. The monoisotopic (exact) mass is 319 g/mol. The molecule has 2 N–H and O–H groups in total. The molecule has 2 aromatic rings. The average molecular weight is 319 g/mol. The maximum Gasteiger partial charge on any atom is 0.245 e. The molecule has 2 heterocycles. The minimum atomic E-state index is -0.196.